The maximum absolute atomic E-state index is 5.56. The molecular weight excluding hydrogens is 210 g/mol. The fourth-order valence-electron chi connectivity index (χ4n) is 1.59. The number of nitrogens with one attached hydrogen (secondary N) is 1. The molecule has 0 bridgehead atoms. The second-order valence-electron chi connectivity index (χ2n) is 5.23. The minimum absolute atomic E-state index is 0.218. The second-order valence-corrected chi connectivity index (χ2v) is 5.23. The lowest BCUT2D eigenvalue weighted by Gasteiger charge is -2.19. The Hall–Kier alpha value is -1.51. The fourth-order valence-corrected chi connectivity index (χ4v) is 1.59. The highest BCUT2D eigenvalue weighted by molar-refractivity contribution is 5.77. The molecule has 0 spiro atoms. The molecule has 1 aromatic carbocycles. The summed E-state index contributed by atoms with van der Waals surface area (Å²) in [6.07, 6.45) is 0.959. The molecule has 3 nitrogen and oxygen atoms in total. The molecule has 0 aliphatic heterocycles. The second kappa shape index (κ2) is 5.71. The minimum atomic E-state index is 0.218. The largest absolute Gasteiger partial charge is 0.370 e. The summed E-state index contributed by atoms with van der Waals surface area (Å²) in [5, 5.41) is 3.05. The zero-order valence-electron chi connectivity index (χ0n) is 11.2. The third-order valence-corrected chi connectivity index (χ3v) is 2.78. The van der Waals surface area contributed by atoms with Gasteiger partial charge in [0.15, 0.2) is 5.96 Å². The van der Waals surface area contributed by atoms with Gasteiger partial charge in [0.05, 0.1) is 0 Å². The van der Waals surface area contributed by atoms with Crippen molar-refractivity contribution in [2.75, 3.05) is 13.6 Å². The van der Waals surface area contributed by atoms with E-state index < -0.39 is 0 Å². The van der Waals surface area contributed by atoms with E-state index in [4.69, 9.17) is 5.73 Å². The molecule has 0 fully saturated rings. The predicted octanol–water partition coefficient (Wildman–Crippen LogP) is 2.06. The Bertz CT molecular complexity index is 371. The molecule has 0 aromatic heterocycles. The van der Waals surface area contributed by atoms with Gasteiger partial charge in [-0.15, -0.1) is 0 Å². The average molecular weight is 233 g/mol. The van der Waals surface area contributed by atoms with E-state index in [0.717, 1.165) is 13.0 Å². The smallest absolute Gasteiger partial charge is 0.188 e. The zero-order valence-corrected chi connectivity index (χ0v) is 11.2. The molecule has 3 N–H and O–H groups in total. The van der Waals surface area contributed by atoms with Crippen LogP contribution in [0.2, 0.25) is 0 Å². The van der Waals surface area contributed by atoms with Crippen LogP contribution in [0, 0.1) is 0 Å². The van der Waals surface area contributed by atoms with E-state index in [1.54, 1.807) is 7.05 Å². The maximum atomic E-state index is 5.56. The summed E-state index contributed by atoms with van der Waals surface area (Å²) >= 11 is 0. The zero-order chi connectivity index (χ0) is 12.9. The number of benzene rings is 1. The van der Waals surface area contributed by atoms with Crippen LogP contribution in [-0.4, -0.2) is 19.6 Å². The lowest BCUT2D eigenvalue weighted by molar-refractivity contribution is 0.590. The first-order valence-electron chi connectivity index (χ1n) is 5.99. The molecule has 0 atom stereocenters. The molecule has 0 saturated heterocycles. The van der Waals surface area contributed by atoms with Gasteiger partial charge in [-0.25, -0.2) is 0 Å². The van der Waals surface area contributed by atoms with E-state index >= 15 is 0 Å². The van der Waals surface area contributed by atoms with Gasteiger partial charge in [-0.2, -0.15) is 0 Å². The molecule has 0 aliphatic rings. The van der Waals surface area contributed by atoms with Crippen molar-refractivity contribution in [2.24, 2.45) is 10.7 Å². The van der Waals surface area contributed by atoms with Gasteiger partial charge >= 0.3 is 0 Å². The number of hydrogen-bond donors (Lipinski definition) is 2. The number of rotatable bonds is 3. The third-order valence-electron chi connectivity index (χ3n) is 2.78. The van der Waals surface area contributed by atoms with Gasteiger partial charge in [0.25, 0.3) is 0 Å². The molecule has 0 aliphatic carbocycles. The Morgan fingerprint density at radius 3 is 2.29 bits per heavy atom. The van der Waals surface area contributed by atoms with Crippen molar-refractivity contribution in [3.05, 3.63) is 35.4 Å². The van der Waals surface area contributed by atoms with Crippen LogP contribution in [0.4, 0.5) is 0 Å². The summed E-state index contributed by atoms with van der Waals surface area (Å²) in [5.74, 6) is 0.497. The molecule has 0 saturated carbocycles. The van der Waals surface area contributed by atoms with Gasteiger partial charge in [0.1, 0.15) is 0 Å². The van der Waals surface area contributed by atoms with Gasteiger partial charge in [0, 0.05) is 13.6 Å². The lowest BCUT2D eigenvalue weighted by atomic mass is 9.86. The van der Waals surface area contributed by atoms with E-state index in [2.05, 4.69) is 55.3 Å². The van der Waals surface area contributed by atoms with Gasteiger partial charge in [-0.3, -0.25) is 4.99 Å². The highest BCUT2D eigenvalue weighted by Gasteiger charge is 2.12. The standard InChI is InChI=1S/C14H23N3/c1-14(2,3)12-7-5-11(6-8-12)9-10-17-13(15)16-4/h5-8H,9-10H2,1-4H3,(H3,15,16,17). The molecule has 1 aromatic rings. The Balaban J connectivity index is 2.52. The van der Waals surface area contributed by atoms with Crippen molar-refractivity contribution in [3.63, 3.8) is 0 Å². The summed E-state index contributed by atoms with van der Waals surface area (Å²) in [7, 11) is 1.68. The van der Waals surface area contributed by atoms with Crippen LogP contribution in [0.5, 0.6) is 0 Å². The molecule has 94 valence electrons. The quantitative estimate of drug-likeness (QED) is 0.620. The number of guanidine groups is 1. The van der Waals surface area contributed by atoms with Crippen molar-refractivity contribution in [1.29, 1.82) is 0 Å². The molecule has 0 unspecified atom stereocenters. The Morgan fingerprint density at radius 1 is 1.24 bits per heavy atom. The van der Waals surface area contributed by atoms with E-state index in [1.165, 1.54) is 11.1 Å². The highest BCUT2D eigenvalue weighted by atomic mass is 15.1. The van der Waals surface area contributed by atoms with Gasteiger partial charge in [-0.05, 0) is 23.0 Å². The van der Waals surface area contributed by atoms with Crippen LogP contribution in [-0.2, 0) is 11.8 Å². The summed E-state index contributed by atoms with van der Waals surface area (Å²) < 4.78 is 0. The Labute approximate surface area is 104 Å². The predicted molar refractivity (Wildman–Crippen MR) is 74.4 cm³/mol. The lowest BCUT2D eigenvalue weighted by Crippen LogP contribution is -2.32. The van der Waals surface area contributed by atoms with Gasteiger partial charge < -0.3 is 11.1 Å². The maximum Gasteiger partial charge on any atom is 0.188 e. The normalized spacial score (nSPS) is 12.6. The van der Waals surface area contributed by atoms with Crippen LogP contribution in [0.25, 0.3) is 0 Å². The number of aliphatic imine (C=N–C) groups is 1. The Morgan fingerprint density at radius 2 is 1.82 bits per heavy atom. The third kappa shape index (κ3) is 4.47. The molecule has 3 heteroatoms. The summed E-state index contributed by atoms with van der Waals surface area (Å²) in [5.41, 5.74) is 8.45. The molecule has 0 heterocycles. The topological polar surface area (TPSA) is 50.4 Å². The van der Waals surface area contributed by atoms with Gasteiger partial charge in [0.2, 0.25) is 0 Å². The van der Waals surface area contributed by atoms with Gasteiger partial charge in [-0.1, -0.05) is 45.0 Å². The van der Waals surface area contributed by atoms with Crippen LogP contribution < -0.4 is 11.1 Å². The SMILES string of the molecule is CN=C(N)NCCc1ccc(C(C)(C)C)cc1. The van der Waals surface area contributed by atoms with Crippen LogP contribution >= 0.6 is 0 Å². The molecular formula is C14H23N3. The fraction of sp³-hybridized carbons (Fsp3) is 0.500. The van der Waals surface area contributed by atoms with E-state index in [-0.39, 0.29) is 5.41 Å². The van der Waals surface area contributed by atoms with E-state index in [0.29, 0.717) is 5.96 Å². The van der Waals surface area contributed by atoms with Crippen molar-refractivity contribution in [1.82, 2.24) is 5.32 Å². The molecule has 0 amide bonds. The molecule has 17 heavy (non-hydrogen) atoms. The summed E-state index contributed by atoms with van der Waals surface area (Å²) in [4.78, 5) is 3.85. The number of nitrogens with two attached hydrogens (primary N) is 1. The van der Waals surface area contributed by atoms with E-state index in [1.807, 2.05) is 0 Å². The van der Waals surface area contributed by atoms with Crippen LogP contribution in [0.15, 0.2) is 29.3 Å². The monoisotopic (exact) mass is 233 g/mol. The minimum Gasteiger partial charge on any atom is -0.370 e. The van der Waals surface area contributed by atoms with Crippen LogP contribution in [0.1, 0.15) is 31.9 Å². The van der Waals surface area contributed by atoms with Crippen molar-refractivity contribution >= 4 is 5.96 Å². The van der Waals surface area contributed by atoms with Crippen molar-refractivity contribution in [2.45, 2.75) is 32.6 Å². The first kappa shape index (κ1) is 13.6. The van der Waals surface area contributed by atoms with Crippen LogP contribution in [0.3, 0.4) is 0 Å². The van der Waals surface area contributed by atoms with Crippen molar-refractivity contribution < 1.29 is 0 Å². The average Bonchev–Trinajstić information content (AvgIpc) is 2.28. The van der Waals surface area contributed by atoms with Crippen molar-refractivity contribution in [3.8, 4) is 0 Å². The Kier molecular flexibility index (Phi) is 4.55. The first-order chi connectivity index (χ1) is 7.93. The number of nitrogens with zero attached hydrogens (tertiary/aromatic N) is 1. The molecule has 1 rings (SSSR count). The first-order valence-corrected chi connectivity index (χ1v) is 5.99. The highest BCUT2D eigenvalue weighted by Crippen LogP contribution is 2.22. The summed E-state index contributed by atoms with van der Waals surface area (Å²) in [6, 6.07) is 8.77. The number of hydrogen-bond acceptors (Lipinski definition) is 1. The van der Waals surface area contributed by atoms with E-state index in [9.17, 15) is 0 Å². The summed E-state index contributed by atoms with van der Waals surface area (Å²) in [6.45, 7) is 7.49. The molecule has 0 radical (unpaired) electrons.